The summed E-state index contributed by atoms with van der Waals surface area (Å²) >= 11 is 3.58. The van der Waals surface area contributed by atoms with Gasteiger partial charge in [0.05, 0.1) is 0 Å². The minimum absolute atomic E-state index is 0.344. The van der Waals surface area contributed by atoms with Crippen molar-refractivity contribution in [2.45, 2.75) is 12.3 Å². The summed E-state index contributed by atoms with van der Waals surface area (Å²) in [6, 6.07) is 37.6. The maximum absolute atomic E-state index is 2.30. The van der Waals surface area contributed by atoms with Crippen LogP contribution >= 0.6 is 22.7 Å². The molecule has 0 saturated carbocycles. The smallest absolute Gasteiger partial charge is 0.0342 e. The van der Waals surface area contributed by atoms with Gasteiger partial charge in [-0.25, -0.2) is 0 Å². The van der Waals surface area contributed by atoms with E-state index in [1.54, 1.807) is 22.7 Å². The molecule has 1 atom stereocenters. The highest BCUT2D eigenvalue weighted by atomic mass is 32.1. The Kier molecular flexibility index (Phi) is 5.60. The van der Waals surface area contributed by atoms with Crippen LogP contribution < -0.4 is 0 Å². The van der Waals surface area contributed by atoms with Crippen molar-refractivity contribution in [2.75, 3.05) is 0 Å². The van der Waals surface area contributed by atoms with E-state index < -0.39 is 0 Å². The Labute approximate surface area is 186 Å². The lowest BCUT2D eigenvalue weighted by Crippen LogP contribution is -2.05. The molecule has 0 amide bonds. The molecule has 0 nitrogen and oxygen atoms in total. The van der Waals surface area contributed by atoms with Gasteiger partial charge >= 0.3 is 0 Å². The number of rotatable bonds is 6. The summed E-state index contributed by atoms with van der Waals surface area (Å²) in [6.45, 7) is 0. The minimum Gasteiger partial charge on any atom is -0.144 e. The fraction of sp³-hybridized carbons (Fsp3) is 0.0714. The van der Waals surface area contributed by atoms with Crippen molar-refractivity contribution in [3.05, 3.63) is 131 Å². The molecule has 2 aromatic heterocycles. The summed E-state index contributed by atoms with van der Waals surface area (Å²) in [5.74, 6) is 0.344. The highest BCUT2D eigenvalue weighted by Crippen LogP contribution is 2.32. The molecule has 2 heterocycles. The first-order valence-electron chi connectivity index (χ1n) is 10.2. The van der Waals surface area contributed by atoms with E-state index in [0.29, 0.717) is 5.92 Å². The van der Waals surface area contributed by atoms with Crippen LogP contribution in [0.5, 0.6) is 0 Å². The summed E-state index contributed by atoms with van der Waals surface area (Å²) in [6.07, 6.45) is 0.993. The molecule has 0 N–H and O–H groups in total. The molecule has 0 aliphatic heterocycles. The van der Waals surface area contributed by atoms with Crippen LogP contribution in [0.4, 0.5) is 0 Å². The van der Waals surface area contributed by atoms with Crippen LogP contribution in [0.25, 0.3) is 20.9 Å². The van der Waals surface area contributed by atoms with E-state index in [4.69, 9.17) is 0 Å². The van der Waals surface area contributed by atoms with Crippen molar-refractivity contribution in [3.8, 4) is 20.9 Å². The topological polar surface area (TPSA) is 0 Å². The highest BCUT2D eigenvalue weighted by molar-refractivity contribution is 7.13. The summed E-state index contributed by atoms with van der Waals surface area (Å²) in [5, 5.41) is 4.27. The Balaban J connectivity index is 1.44. The third-order valence-corrected chi connectivity index (χ3v) is 7.36. The van der Waals surface area contributed by atoms with Crippen molar-refractivity contribution in [3.63, 3.8) is 0 Å². The van der Waals surface area contributed by atoms with E-state index in [-0.39, 0.29) is 0 Å². The van der Waals surface area contributed by atoms with Crippen molar-refractivity contribution in [1.82, 2.24) is 0 Å². The van der Waals surface area contributed by atoms with E-state index in [0.717, 1.165) is 6.42 Å². The summed E-state index contributed by atoms with van der Waals surface area (Å²) in [5.41, 5.74) is 6.69. The van der Waals surface area contributed by atoms with E-state index in [9.17, 15) is 0 Å². The maximum atomic E-state index is 2.30. The van der Waals surface area contributed by atoms with Gasteiger partial charge in [0.25, 0.3) is 0 Å². The van der Waals surface area contributed by atoms with E-state index in [1.165, 1.54) is 37.6 Å². The molecule has 30 heavy (non-hydrogen) atoms. The number of benzene rings is 3. The zero-order valence-electron chi connectivity index (χ0n) is 16.6. The summed E-state index contributed by atoms with van der Waals surface area (Å²) in [4.78, 5) is 2.65. The van der Waals surface area contributed by atoms with Crippen LogP contribution in [0, 0.1) is 0 Å². The van der Waals surface area contributed by atoms with E-state index in [2.05, 4.69) is 114 Å². The quantitative estimate of drug-likeness (QED) is 0.257. The van der Waals surface area contributed by atoms with Gasteiger partial charge in [-0.3, -0.25) is 0 Å². The first-order chi connectivity index (χ1) is 14.9. The molecule has 0 fully saturated rings. The lowest BCUT2D eigenvalue weighted by molar-refractivity contribution is 0.805. The summed E-state index contributed by atoms with van der Waals surface area (Å²) in [7, 11) is 0. The van der Waals surface area contributed by atoms with Gasteiger partial charge in [-0.15, -0.1) is 22.7 Å². The molecule has 3 aromatic carbocycles. The van der Waals surface area contributed by atoms with Gasteiger partial charge in [-0.2, -0.15) is 0 Å². The van der Waals surface area contributed by atoms with Crippen LogP contribution in [-0.2, 0) is 6.42 Å². The molecular formula is C28H22S2. The fourth-order valence-electron chi connectivity index (χ4n) is 3.92. The Hall–Kier alpha value is -2.94. The molecule has 0 aliphatic rings. The number of hydrogen-bond donors (Lipinski definition) is 0. The fourth-order valence-corrected chi connectivity index (χ4v) is 5.39. The molecule has 1 unspecified atom stereocenters. The van der Waals surface area contributed by atoms with Gasteiger partial charge < -0.3 is 0 Å². The van der Waals surface area contributed by atoms with Crippen LogP contribution in [-0.4, -0.2) is 0 Å². The zero-order valence-corrected chi connectivity index (χ0v) is 18.2. The van der Waals surface area contributed by atoms with Gasteiger partial charge in [0.2, 0.25) is 0 Å². The predicted octanol–water partition coefficient (Wildman–Crippen LogP) is 8.52. The number of hydrogen-bond acceptors (Lipinski definition) is 2. The molecular weight excluding hydrogens is 400 g/mol. The van der Waals surface area contributed by atoms with Gasteiger partial charge in [0.1, 0.15) is 0 Å². The monoisotopic (exact) mass is 422 g/mol. The molecule has 146 valence electrons. The Morgan fingerprint density at radius 1 is 0.500 bits per heavy atom. The first-order valence-corrected chi connectivity index (χ1v) is 11.9. The maximum Gasteiger partial charge on any atom is 0.0342 e. The average molecular weight is 423 g/mol. The van der Waals surface area contributed by atoms with E-state index >= 15 is 0 Å². The number of thiophene rings is 2. The molecule has 0 bridgehead atoms. The molecule has 0 saturated heterocycles. The SMILES string of the molecule is c1ccc(C(Cc2ccc(-c3cccs3)cc2)c2ccc(-c3cccs3)cc2)cc1. The zero-order chi connectivity index (χ0) is 20.2. The van der Waals surface area contributed by atoms with Crippen LogP contribution in [0.1, 0.15) is 22.6 Å². The van der Waals surface area contributed by atoms with Crippen molar-refractivity contribution < 1.29 is 0 Å². The highest BCUT2D eigenvalue weighted by Gasteiger charge is 2.15. The van der Waals surface area contributed by atoms with Gasteiger partial charge in [0, 0.05) is 15.7 Å². The lowest BCUT2D eigenvalue weighted by atomic mass is 9.85. The van der Waals surface area contributed by atoms with Gasteiger partial charge in [-0.05, 0) is 57.1 Å². The molecule has 0 radical (unpaired) electrons. The van der Waals surface area contributed by atoms with Gasteiger partial charge in [0.15, 0.2) is 0 Å². The van der Waals surface area contributed by atoms with E-state index in [1.807, 2.05) is 0 Å². The molecule has 0 spiro atoms. The summed E-state index contributed by atoms with van der Waals surface area (Å²) < 4.78 is 0. The minimum atomic E-state index is 0.344. The molecule has 0 aliphatic carbocycles. The van der Waals surface area contributed by atoms with Crippen molar-refractivity contribution >= 4 is 22.7 Å². The largest absolute Gasteiger partial charge is 0.144 e. The molecule has 5 rings (SSSR count). The lowest BCUT2D eigenvalue weighted by Gasteiger charge is -2.19. The standard InChI is InChI=1S/C28H22S2/c1-2-6-22(7-3-1)26(23-14-16-25(17-15-23)28-9-5-19-30-28)20-21-10-12-24(13-11-21)27-8-4-18-29-27/h1-19,26H,20H2. The third kappa shape index (κ3) is 4.16. The second-order valence-electron chi connectivity index (χ2n) is 7.44. The van der Waals surface area contributed by atoms with Crippen LogP contribution in [0.2, 0.25) is 0 Å². The predicted molar refractivity (Wildman–Crippen MR) is 131 cm³/mol. The Morgan fingerprint density at radius 2 is 1.03 bits per heavy atom. The normalized spacial score (nSPS) is 12.0. The molecule has 2 heteroatoms. The van der Waals surface area contributed by atoms with Gasteiger partial charge in [-0.1, -0.05) is 91.0 Å². The second-order valence-corrected chi connectivity index (χ2v) is 9.34. The third-order valence-electron chi connectivity index (χ3n) is 5.52. The van der Waals surface area contributed by atoms with Crippen LogP contribution in [0.15, 0.2) is 114 Å². The Bertz CT molecular complexity index is 1170. The van der Waals surface area contributed by atoms with Crippen LogP contribution in [0.3, 0.4) is 0 Å². The first kappa shape index (κ1) is 19.0. The molecule has 5 aromatic rings. The van der Waals surface area contributed by atoms with Crippen molar-refractivity contribution in [1.29, 1.82) is 0 Å². The second kappa shape index (κ2) is 8.83. The van der Waals surface area contributed by atoms with Crippen molar-refractivity contribution in [2.24, 2.45) is 0 Å². The Morgan fingerprint density at radius 3 is 1.57 bits per heavy atom. The average Bonchev–Trinajstić information content (AvgIpc) is 3.53.